The average molecular weight is 336 g/mol. The molecule has 1 N–H and O–H groups in total. The highest BCUT2D eigenvalue weighted by Crippen LogP contribution is 2.24. The second kappa shape index (κ2) is 6.95. The first-order chi connectivity index (χ1) is 10.9. The van der Waals surface area contributed by atoms with E-state index in [2.05, 4.69) is 10.3 Å². The molecule has 7 heteroatoms. The van der Waals surface area contributed by atoms with Crippen LogP contribution in [0.25, 0.3) is 11.5 Å². The minimum Gasteiger partial charge on any atom is -0.467 e. The molecule has 1 atom stereocenters. The Hall–Kier alpha value is -2.15. The molecule has 0 unspecified atom stereocenters. The van der Waals surface area contributed by atoms with Crippen LogP contribution in [0, 0.1) is 6.92 Å². The van der Waals surface area contributed by atoms with Gasteiger partial charge < -0.3 is 14.5 Å². The van der Waals surface area contributed by atoms with Crippen LogP contribution in [0.2, 0.25) is 0 Å². The van der Waals surface area contributed by atoms with Gasteiger partial charge in [0.25, 0.3) is 0 Å². The van der Waals surface area contributed by atoms with Crippen molar-refractivity contribution in [1.29, 1.82) is 0 Å². The van der Waals surface area contributed by atoms with E-state index in [4.69, 9.17) is 9.15 Å². The number of hydrogen-bond acceptors (Lipinski definition) is 6. The number of rotatable bonds is 6. The lowest BCUT2D eigenvalue weighted by atomic mass is 9.98. The maximum atomic E-state index is 12.3. The first-order valence-electron chi connectivity index (χ1n) is 7.28. The summed E-state index contributed by atoms with van der Waals surface area (Å²) in [6.07, 6.45) is 0.482. The molecule has 6 nitrogen and oxygen atoms in total. The van der Waals surface area contributed by atoms with E-state index >= 15 is 0 Å². The zero-order chi connectivity index (χ0) is 17.0. The molecule has 0 fully saturated rings. The fraction of sp³-hybridized carbons (Fsp3) is 0.438. The molecule has 2 heterocycles. The van der Waals surface area contributed by atoms with Crippen molar-refractivity contribution in [3.8, 4) is 11.5 Å². The number of carbonyl (C=O) groups excluding carboxylic acids is 2. The van der Waals surface area contributed by atoms with E-state index in [1.54, 1.807) is 25.2 Å². The third-order valence-electron chi connectivity index (χ3n) is 3.75. The van der Waals surface area contributed by atoms with Crippen molar-refractivity contribution in [2.45, 2.75) is 39.2 Å². The van der Waals surface area contributed by atoms with E-state index in [0.717, 1.165) is 5.56 Å². The van der Waals surface area contributed by atoms with Crippen LogP contribution >= 0.6 is 11.3 Å². The van der Waals surface area contributed by atoms with E-state index in [9.17, 15) is 9.59 Å². The highest BCUT2D eigenvalue weighted by Gasteiger charge is 2.34. The molecule has 0 radical (unpaired) electrons. The second-order valence-corrected chi connectivity index (χ2v) is 6.22. The van der Waals surface area contributed by atoms with E-state index in [1.165, 1.54) is 7.11 Å². The minimum atomic E-state index is -1.04. The number of hydrogen-bond donors (Lipinski definition) is 1. The summed E-state index contributed by atoms with van der Waals surface area (Å²) in [5.74, 6) is 0.326. The van der Waals surface area contributed by atoms with Crippen molar-refractivity contribution in [2.75, 3.05) is 7.11 Å². The van der Waals surface area contributed by atoms with Crippen molar-refractivity contribution in [1.82, 2.24) is 10.3 Å². The number of aryl methyl sites for hydroxylation is 1. The number of esters is 1. The number of amides is 1. The first-order valence-corrected chi connectivity index (χ1v) is 8.22. The molecule has 0 aliphatic rings. The number of oxazole rings is 1. The Kier molecular flexibility index (Phi) is 5.20. The number of nitrogens with zero attached hydrogens (tertiary/aromatic N) is 1. The van der Waals surface area contributed by atoms with Crippen LogP contribution in [0.15, 0.2) is 21.2 Å². The second-order valence-electron chi connectivity index (χ2n) is 5.44. The van der Waals surface area contributed by atoms with Gasteiger partial charge in [-0.05, 0) is 31.7 Å². The maximum Gasteiger partial charge on any atom is 0.331 e. The molecule has 0 bridgehead atoms. The fourth-order valence-electron chi connectivity index (χ4n) is 2.11. The van der Waals surface area contributed by atoms with Gasteiger partial charge in [-0.15, -0.1) is 0 Å². The molecule has 0 aromatic carbocycles. The largest absolute Gasteiger partial charge is 0.467 e. The normalized spacial score (nSPS) is 13.4. The summed E-state index contributed by atoms with van der Waals surface area (Å²) in [5.41, 5.74) is 0.407. The molecule has 1 amide bonds. The van der Waals surface area contributed by atoms with Crippen LogP contribution in [0.1, 0.15) is 31.7 Å². The van der Waals surface area contributed by atoms with Gasteiger partial charge in [0.1, 0.15) is 11.3 Å². The predicted octanol–water partition coefficient (Wildman–Crippen LogP) is 2.71. The topological polar surface area (TPSA) is 81.4 Å². The monoisotopic (exact) mass is 336 g/mol. The zero-order valence-corrected chi connectivity index (χ0v) is 14.5. The highest BCUT2D eigenvalue weighted by atomic mass is 32.1. The van der Waals surface area contributed by atoms with E-state index in [-0.39, 0.29) is 12.3 Å². The van der Waals surface area contributed by atoms with Crippen LogP contribution < -0.4 is 5.32 Å². The molecule has 2 aromatic heterocycles. The lowest BCUT2D eigenvalue weighted by Crippen LogP contribution is -2.52. The Morgan fingerprint density at radius 3 is 2.78 bits per heavy atom. The molecule has 0 aliphatic heterocycles. The van der Waals surface area contributed by atoms with Gasteiger partial charge >= 0.3 is 5.97 Å². The SMILES string of the molecule is CC[C@](C)(NC(=O)Cc1nc(-c2ccsc2)oc1C)C(=O)OC. The Morgan fingerprint density at radius 1 is 1.48 bits per heavy atom. The summed E-state index contributed by atoms with van der Waals surface area (Å²) in [6.45, 7) is 5.22. The molecule has 2 rings (SSSR count). The van der Waals surface area contributed by atoms with Gasteiger partial charge in [-0.3, -0.25) is 4.79 Å². The molecule has 0 spiro atoms. The number of carbonyl (C=O) groups is 2. The van der Waals surface area contributed by atoms with Crippen molar-refractivity contribution in [3.05, 3.63) is 28.3 Å². The van der Waals surface area contributed by atoms with Crippen LogP contribution in [0.3, 0.4) is 0 Å². The summed E-state index contributed by atoms with van der Waals surface area (Å²) in [5, 5.41) is 6.59. The maximum absolute atomic E-state index is 12.3. The van der Waals surface area contributed by atoms with Gasteiger partial charge in [-0.2, -0.15) is 11.3 Å². The summed E-state index contributed by atoms with van der Waals surface area (Å²) < 4.78 is 10.4. The molecule has 0 aliphatic carbocycles. The minimum absolute atomic E-state index is 0.0477. The van der Waals surface area contributed by atoms with Crippen LogP contribution in [-0.2, 0) is 20.7 Å². The highest BCUT2D eigenvalue weighted by molar-refractivity contribution is 7.08. The predicted molar refractivity (Wildman–Crippen MR) is 87.1 cm³/mol. The summed E-state index contributed by atoms with van der Waals surface area (Å²) in [7, 11) is 1.30. The molecular formula is C16H20N2O4S. The molecule has 124 valence electrons. The lowest BCUT2D eigenvalue weighted by molar-refractivity contribution is -0.150. The molecule has 0 saturated carbocycles. The quantitative estimate of drug-likeness (QED) is 0.820. The van der Waals surface area contributed by atoms with E-state index in [0.29, 0.717) is 23.8 Å². The summed E-state index contributed by atoms with van der Waals surface area (Å²) >= 11 is 1.55. The fourth-order valence-corrected chi connectivity index (χ4v) is 2.74. The molecule has 0 saturated heterocycles. The van der Waals surface area contributed by atoms with Crippen LogP contribution in [0.5, 0.6) is 0 Å². The number of thiophene rings is 1. The number of nitrogens with one attached hydrogen (secondary N) is 1. The molecular weight excluding hydrogens is 316 g/mol. The van der Waals surface area contributed by atoms with Gasteiger partial charge in [-0.1, -0.05) is 6.92 Å². The number of methoxy groups -OCH3 is 1. The van der Waals surface area contributed by atoms with Crippen molar-refractivity contribution in [3.63, 3.8) is 0 Å². The van der Waals surface area contributed by atoms with Crippen molar-refractivity contribution in [2.24, 2.45) is 0 Å². The first kappa shape index (κ1) is 17.2. The Labute approximate surface area is 138 Å². The van der Waals surface area contributed by atoms with E-state index < -0.39 is 11.5 Å². The summed E-state index contributed by atoms with van der Waals surface area (Å²) in [6, 6.07) is 1.91. The molecule has 2 aromatic rings. The summed E-state index contributed by atoms with van der Waals surface area (Å²) in [4.78, 5) is 28.4. The number of aromatic nitrogens is 1. The third-order valence-corrected chi connectivity index (χ3v) is 4.43. The lowest BCUT2D eigenvalue weighted by Gasteiger charge is -2.26. The standard InChI is InChI=1S/C16H20N2O4S/c1-5-16(3,15(20)21-4)18-13(19)8-12-10(2)22-14(17-12)11-6-7-23-9-11/h6-7,9H,5,8H2,1-4H3,(H,18,19)/t16-/m0/s1. The third kappa shape index (κ3) is 3.79. The average Bonchev–Trinajstić information content (AvgIpc) is 3.16. The Morgan fingerprint density at radius 2 is 2.22 bits per heavy atom. The Bertz CT molecular complexity index is 693. The van der Waals surface area contributed by atoms with Gasteiger partial charge in [0.15, 0.2) is 0 Å². The van der Waals surface area contributed by atoms with Gasteiger partial charge in [0.2, 0.25) is 11.8 Å². The van der Waals surface area contributed by atoms with Gasteiger partial charge in [0.05, 0.1) is 19.2 Å². The van der Waals surface area contributed by atoms with Crippen LogP contribution in [0.4, 0.5) is 0 Å². The molecule has 23 heavy (non-hydrogen) atoms. The van der Waals surface area contributed by atoms with Gasteiger partial charge in [-0.25, -0.2) is 9.78 Å². The Balaban J connectivity index is 2.10. The number of ether oxygens (including phenoxy) is 1. The van der Waals surface area contributed by atoms with Crippen LogP contribution in [-0.4, -0.2) is 29.5 Å². The van der Waals surface area contributed by atoms with Crippen molar-refractivity contribution < 1.29 is 18.7 Å². The smallest absolute Gasteiger partial charge is 0.331 e. The van der Waals surface area contributed by atoms with Crippen molar-refractivity contribution >= 4 is 23.2 Å². The van der Waals surface area contributed by atoms with E-state index in [1.807, 2.05) is 23.8 Å². The zero-order valence-electron chi connectivity index (χ0n) is 13.6. The van der Waals surface area contributed by atoms with Gasteiger partial charge in [0, 0.05) is 10.9 Å².